The van der Waals surface area contributed by atoms with Gasteiger partial charge in [-0.15, -0.1) is 19.0 Å². The molecule has 1 nitrogen and oxygen atoms in total. The molecule has 0 aliphatic heterocycles. The van der Waals surface area contributed by atoms with Gasteiger partial charge in [0.05, 0.1) is 0 Å². The SMILES string of the molecule is C=C[C@H](N)c1ccccc1I.Cl. The summed E-state index contributed by atoms with van der Waals surface area (Å²) in [6.07, 6.45) is 1.75. The van der Waals surface area contributed by atoms with Crippen molar-refractivity contribution in [3.8, 4) is 0 Å². The Kier molecular flexibility index (Phi) is 5.53. The highest BCUT2D eigenvalue weighted by molar-refractivity contribution is 14.1. The van der Waals surface area contributed by atoms with Crippen molar-refractivity contribution in [2.45, 2.75) is 6.04 Å². The predicted molar refractivity (Wildman–Crippen MR) is 63.5 cm³/mol. The standard InChI is InChI=1S/C9H10IN.ClH/c1-2-9(11)7-5-3-4-6-8(7)10;/h2-6,9H,1,11H2;1H/t9-;/m0./s1. The molecule has 1 rings (SSSR count). The summed E-state index contributed by atoms with van der Waals surface area (Å²) >= 11 is 2.27. The van der Waals surface area contributed by atoms with Gasteiger partial charge in [-0.05, 0) is 34.2 Å². The summed E-state index contributed by atoms with van der Waals surface area (Å²) in [7, 11) is 0. The lowest BCUT2D eigenvalue weighted by Gasteiger charge is -2.07. The number of halogens is 2. The summed E-state index contributed by atoms with van der Waals surface area (Å²) in [6, 6.07) is 8.01. The first-order valence-electron chi connectivity index (χ1n) is 3.38. The maximum absolute atomic E-state index is 5.77. The van der Waals surface area contributed by atoms with Crippen LogP contribution in [-0.2, 0) is 0 Å². The highest BCUT2D eigenvalue weighted by Gasteiger charge is 2.03. The molecular weight excluding hydrogens is 284 g/mol. The van der Waals surface area contributed by atoms with Crippen LogP contribution in [0.15, 0.2) is 36.9 Å². The van der Waals surface area contributed by atoms with Crippen molar-refractivity contribution in [2.24, 2.45) is 5.73 Å². The molecule has 1 aromatic rings. The lowest BCUT2D eigenvalue weighted by molar-refractivity contribution is 0.907. The van der Waals surface area contributed by atoms with Gasteiger partial charge in [0.2, 0.25) is 0 Å². The van der Waals surface area contributed by atoms with E-state index in [-0.39, 0.29) is 18.4 Å². The third-order valence-electron chi connectivity index (χ3n) is 1.52. The van der Waals surface area contributed by atoms with Crippen LogP contribution in [0.25, 0.3) is 0 Å². The monoisotopic (exact) mass is 295 g/mol. The second-order valence-electron chi connectivity index (χ2n) is 2.28. The Morgan fingerprint density at radius 2 is 2.00 bits per heavy atom. The average Bonchev–Trinajstić information content (AvgIpc) is 2.04. The van der Waals surface area contributed by atoms with Gasteiger partial charge in [0.15, 0.2) is 0 Å². The van der Waals surface area contributed by atoms with E-state index in [1.807, 2.05) is 24.3 Å². The quantitative estimate of drug-likeness (QED) is 0.659. The Hall–Kier alpha value is -0.0600. The van der Waals surface area contributed by atoms with Crippen LogP contribution in [0, 0.1) is 3.57 Å². The predicted octanol–water partition coefficient (Wildman–Crippen LogP) is 2.90. The van der Waals surface area contributed by atoms with Crippen molar-refractivity contribution in [3.63, 3.8) is 0 Å². The molecule has 3 heteroatoms. The van der Waals surface area contributed by atoms with E-state index in [0.29, 0.717) is 0 Å². The first kappa shape index (κ1) is 11.9. The van der Waals surface area contributed by atoms with Crippen LogP contribution in [0.1, 0.15) is 11.6 Å². The fourth-order valence-corrected chi connectivity index (χ4v) is 1.62. The fourth-order valence-electron chi connectivity index (χ4n) is 0.872. The summed E-state index contributed by atoms with van der Waals surface area (Å²) < 4.78 is 1.19. The zero-order valence-corrected chi connectivity index (χ0v) is 9.51. The van der Waals surface area contributed by atoms with Gasteiger partial charge in [0.1, 0.15) is 0 Å². The van der Waals surface area contributed by atoms with E-state index in [9.17, 15) is 0 Å². The lowest BCUT2D eigenvalue weighted by atomic mass is 10.1. The number of nitrogens with two attached hydrogens (primary N) is 1. The molecule has 0 aromatic heterocycles. The third kappa shape index (κ3) is 2.77. The Bertz CT molecular complexity index is 262. The van der Waals surface area contributed by atoms with E-state index in [4.69, 9.17) is 5.73 Å². The smallest absolute Gasteiger partial charge is 0.0489 e. The van der Waals surface area contributed by atoms with Crippen LogP contribution in [0.2, 0.25) is 0 Å². The van der Waals surface area contributed by atoms with Crippen molar-refractivity contribution >= 4 is 35.0 Å². The molecule has 0 aliphatic rings. The fraction of sp³-hybridized carbons (Fsp3) is 0.111. The molecule has 0 bridgehead atoms. The summed E-state index contributed by atoms with van der Waals surface area (Å²) in [4.78, 5) is 0. The molecule has 0 saturated carbocycles. The van der Waals surface area contributed by atoms with Crippen LogP contribution in [0.4, 0.5) is 0 Å². The Morgan fingerprint density at radius 1 is 1.42 bits per heavy atom. The first-order chi connectivity index (χ1) is 5.25. The number of benzene rings is 1. The lowest BCUT2D eigenvalue weighted by Crippen LogP contribution is -2.07. The number of rotatable bonds is 2. The summed E-state index contributed by atoms with van der Waals surface area (Å²) in [5, 5.41) is 0. The molecule has 0 saturated heterocycles. The van der Waals surface area contributed by atoms with Crippen molar-refractivity contribution in [1.82, 2.24) is 0 Å². The van der Waals surface area contributed by atoms with Crippen molar-refractivity contribution in [3.05, 3.63) is 46.1 Å². The van der Waals surface area contributed by atoms with Crippen LogP contribution in [-0.4, -0.2) is 0 Å². The highest BCUT2D eigenvalue weighted by Crippen LogP contribution is 2.17. The minimum absolute atomic E-state index is 0. The van der Waals surface area contributed by atoms with Gasteiger partial charge in [-0.2, -0.15) is 0 Å². The summed E-state index contributed by atoms with van der Waals surface area (Å²) in [6.45, 7) is 3.65. The molecule has 1 aromatic carbocycles. The van der Waals surface area contributed by atoms with Gasteiger partial charge in [-0.1, -0.05) is 24.3 Å². The second-order valence-corrected chi connectivity index (χ2v) is 3.45. The molecule has 0 heterocycles. The first-order valence-corrected chi connectivity index (χ1v) is 4.46. The van der Waals surface area contributed by atoms with Gasteiger partial charge in [-0.25, -0.2) is 0 Å². The summed E-state index contributed by atoms with van der Waals surface area (Å²) in [5.41, 5.74) is 6.91. The van der Waals surface area contributed by atoms with Gasteiger partial charge in [-0.3, -0.25) is 0 Å². The maximum Gasteiger partial charge on any atom is 0.0489 e. The Labute approximate surface area is 92.6 Å². The molecule has 0 spiro atoms. The van der Waals surface area contributed by atoms with E-state index < -0.39 is 0 Å². The molecule has 2 N–H and O–H groups in total. The molecule has 0 fully saturated rings. The molecule has 0 aliphatic carbocycles. The largest absolute Gasteiger partial charge is 0.321 e. The molecule has 0 radical (unpaired) electrons. The topological polar surface area (TPSA) is 26.0 Å². The zero-order chi connectivity index (χ0) is 8.27. The van der Waals surface area contributed by atoms with Crippen molar-refractivity contribution < 1.29 is 0 Å². The van der Waals surface area contributed by atoms with Gasteiger partial charge >= 0.3 is 0 Å². The van der Waals surface area contributed by atoms with Gasteiger partial charge < -0.3 is 5.73 Å². The van der Waals surface area contributed by atoms with Gasteiger partial charge in [0, 0.05) is 9.61 Å². The van der Waals surface area contributed by atoms with E-state index in [1.54, 1.807) is 6.08 Å². The molecule has 12 heavy (non-hydrogen) atoms. The average molecular weight is 296 g/mol. The van der Waals surface area contributed by atoms with Crippen LogP contribution < -0.4 is 5.73 Å². The van der Waals surface area contributed by atoms with E-state index in [1.165, 1.54) is 3.57 Å². The Balaban J connectivity index is 0.00000121. The molecule has 0 unspecified atom stereocenters. The minimum atomic E-state index is -0.0388. The number of hydrogen-bond acceptors (Lipinski definition) is 1. The minimum Gasteiger partial charge on any atom is -0.321 e. The third-order valence-corrected chi connectivity index (χ3v) is 2.50. The van der Waals surface area contributed by atoms with Crippen molar-refractivity contribution in [1.29, 1.82) is 0 Å². The van der Waals surface area contributed by atoms with Crippen LogP contribution in [0.5, 0.6) is 0 Å². The molecule has 66 valence electrons. The van der Waals surface area contributed by atoms with Gasteiger partial charge in [0.25, 0.3) is 0 Å². The van der Waals surface area contributed by atoms with Crippen molar-refractivity contribution in [2.75, 3.05) is 0 Å². The summed E-state index contributed by atoms with van der Waals surface area (Å²) in [5.74, 6) is 0. The number of hydrogen-bond donors (Lipinski definition) is 1. The molecule has 0 amide bonds. The maximum atomic E-state index is 5.77. The van der Waals surface area contributed by atoms with Crippen LogP contribution >= 0.6 is 35.0 Å². The molecular formula is C9H11ClIN. The van der Waals surface area contributed by atoms with E-state index >= 15 is 0 Å². The normalized spacial score (nSPS) is 11.5. The van der Waals surface area contributed by atoms with E-state index in [0.717, 1.165) is 5.56 Å². The second kappa shape index (κ2) is 5.56. The van der Waals surface area contributed by atoms with E-state index in [2.05, 4.69) is 29.2 Å². The zero-order valence-electron chi connectivity index (χ0n) is 6.53. The molecule has 1 atom stereocenters. The van der Waals surface area contributed by atoms with Crippen LogP contribution in [0.3, 0.4) is 0 Å². The Morgan fingerprint density at radius 3 is 2.50 bits per heavy atom. The highest BCUT2D eigenvalue weighted by atomic mass is 127.